The standard InChI is InChI=1S/C14H12N4O2S/c15-18-13(19)14-17-10(8-21-14)7-20-11-5-1-3-9-4-2-6-16-12(9)11/h1-6,8H,7,15H2,(H,18,19). The summed E-state index contributed by atoms with van der Waals surface area (Å²) in [5, 5.41) is 3.09. The van der Waals surface area contributed by atoms with Gasteiger partial charge in [-0.15, -0.1) is 11.3 Å². The van der Waals surface area contributed by atoms with Gasteiger partial charge in [-0.05, 0) is 12.1 Å². The molecule has 0 bridgehead atoms. The van der Waals surface area contributed by atoms with Crippen molar-refractivity contribution in [2.75, 3.05) is 0 Å². The van der Waals surface area contributed by atoms with Crippen molar-refractivity contribution in [3.8, 4) is 5.75 Å². The van der Waals surface area contributed by atoms with E-state index in [1.54, 1.807) is 11.6 Å². The maximum Gasteiger partial charge on any atom is 0.294 e. The molecule has 0 aliphatic carbocycles. The monoisotopic (exact) mass is 300 g/mol. The number of nitrogens with zero attached hydrogens (tertiary/aromatic N) is 2. The van der Waals surface area contributed by atoms with E-state index in [4.69, 9.17) is 10.6 Å². The number of hydrogen-bond acceptors (Lipinski definition) is 6. The number of amides is 1. The predicted octanol–water partition coefficient (Wildman–Crippen LogP) is 1.87. The average Bonchev–Trinajstić information content (AvgIpc) is 3.01. The molecule has 2 heterocycles. The van der Waals surface area contributed by atoms with E-state index in [9.17, 15) is 4.79 Å². The molecule has 6 nitrogen and oxygen atoms in total. The van der Waals surface area contributed by atoms with Crippen LogP contribution in [0.5, 0.6) is 5.75 Å². The number of rotatable bonds is 4. The summed E-state index contributed by atoms with van der Waals surface area (Å²) in [4.78, 5) is 19.8. The normalized spacial score (nSPS) is 10.5. The van der Waals surface area contributed by atoms with E-state index in [0.29, 0.717) is 16.5 Å². The summed E-state index contributed by atoms with van der Waals surface area (Å²) in [6, 6.07) is 9.59. The van der Waals surface area contributed by atoms with Gasteiger partial charge in [0.15, 0.2) is 5.01 Å². The Morgan fingerprint density at radius 1 is 1.33 bits per heavy atom. The number of nitrogen functional groups attached to an aromatic ring is 1. The highest BCUT2D eigenvalue weighted by atomic mass is 32.1. The molecule has 0 spiro atoms. The van der Waals surface area contributed by atoms with Crippen molar-refractivity contribution in [1.29, 1.82) is 0 Å². The van der Waals surface area contributed by atoms with Crippen LogP contribution in [0.3, 0.4) is 0 Å². The highest BCUT2D eigenvalue weighted by Crippen LogP contribution is 2.24. The van der Waals surface area contributed by atoms with Gasteiger partial charge in [-0.25, -0.2) is 10.8 Å². The molecule has 0 aliphatic rings. The molecule has 3 N–H and O–H groups in total. The van der Waals surface area contributed by atoms with Crippen molar-refractivity contribution >= 4 is 28.1 Å². The molecule has 0 fully saturated rings. The second kappa shape index (κ2) is 5.86. The van der Waals surface area contributed by atoms with E-state index in [1.807, 2.05) is 30.3 Å². The largest absolute Gasteiger partial charge is 0.485 e. The smallest absolute Gasteiger partial charge is 0.294 e. The Morgan fingerprint density at radius 2 is 2.19 bits per heavy atom. The van der Waals surface area contributed by atoms with Gasteiger partial charge < -0.3 is 4.74 Å². The van der Waals surface area contributed by atoms with Crippen LogP contribution < -0.4 is 16.0 Å². The Balaban J connectivity index is 1.77. The molecule has 0 saturated heterocycles. The second-order valence-electron chi connectivity index (χ2n) is 4.24. The molecule has 0 saturated carbocycles. The number of nitrogens with two attached hydrogens (primary N) is 1. The van der Waals surface area contributed by atoms with Gasteiger partial charge in [-0.1, -0.05) is 18.2 Å². The van der Waals surface area contributed by atoms with Crippen molar-refractivity contribution in [3.63, 3.8) is 0 Å². The fraction of sp³-hybridized carbons (Fsp3) is 0.0714. The van der Waals surface area contributed by atoms with Gasteiger partial charge in [-0.2, -0.15) is 0 Å². The van der Waals surface area contributed by atoms with Gasteiger partial charge in [-0.3, -0.25) is 15.2 Å². The number of hydrogen-bond donors (Lipinski definition) is 2. The molecular weight excluding hydrogens is 288 g/mol. The van der Waals surface area contributed by atoms with Crippen molar-refractivity contribution in [1.82, 2.24) is 15.4 Å². The fourth-order valence-corrected chi connectivity index (χ4v) is 2.59. The highest BCUT2D eigenvalue weighted by molar-refractivity contribution is 7.11. The third-order valence-corrected chi connectivity index (χ3v) is 3.74. The Labute approximate surface area is 124 Å². The number of carbonyl (C=O) groups excluding carboxylic acids is 1. The van der Waals surface area contributed by atoms with Crippen LogP contribution in [0.2, 0.25) is 0 Å². The van der Waals surface area contributed by atoms with Crippen molar-refractivity contribution in [2.45, 2.75) is 6.61 Å². The van der Waals surface area contributed by atoms with Gasteiger partial charge in [0.05, 0.1) is 5.69 Å². The number of hydrazine groups is 1. The molecule has 0 atom stereocenters. The molecule has 0 aliphatic heterocycles. The van der Waals surface area contributed by atoms with E-state index in [-0.39, 0.29) is 6.61 Å². The van der Waals surface area contributed by atoms with Crippen LogP contribution in [0.25, 0.3) is 10.9 Å². The summed E-state index contributed by atoms with van der Waals surface area (Å²) in [5.74, 6) is 5.35. The predicted molar refractivity (Wildman–Crippen MR) is 79.8 cm³/mol. The first kappa shape index (κ1) is 13.5. The molecule has 0 unspecified atom stereocenters. The Kier molecular flexibility index (Phi) is 3.76. The lowest BCUT2D eigenvalue weighted by molar-refractivity contribution is 0.0953. The molecule has 106 valence electrons. The van der Waals surface area contributed by atoms with E-state index in [0.717, 1.165) is 10.9 Å². The fourth-order valence-electron chi connectivity index (χ4n) is 1.88. The van der Waals surface area contributed by atoms with E-state index < -0.39 is 5.91 Å². The van der Waals surface area contributed by atoms with Crippen LogP contribution in [0, 0.1) is 0 Å². The summed E-state index contributed by atoms with van der Waals surface area (Å²) in [7, 11) is 0. The third kappa shape index (κ3) is 2.83. The lowest BCUT2D eigenvalue weighted by Gasteiger charge is -2.06. The highest BCUT2D eigenvalue weighted by Gasteiger charge is 2.10. The molecule has 21 heavy (non-hydrogen) atoms. The van der Waals surface area contributed by atoms with E-state index >= 15 is 0 Å². The minimum absolute atomic E-state index is 0.268. The molecule has 7 heteroatoms. The maximum absolute atomic E-state index is 11.3. The molecule has 1 aromatic carbocycles. The first-order valence-electron chi connectivity index (χ1n) is 6.20. The first-order valence-corrected chi connectivity index (χ1v) is 7.08. The molecule has 2 aromatic heterocycles. The molecule has 3 rings (SSSR count). The SMILES string of the molecule is NNC(=O)c1nc(COc2cccc3cccnc23)cs1. The van der Waals surface area contributed by atoms with Crippen LogP contribution in [0.1, 0.15) is 15.5 Å². The van der Waals surface area contributed by atoms with Gasteiger partial charge in [0.25, 0.3) is 5.91 Å². The van der Waals surface area contributed by atoms with Gasteiger partial charge in [0, 0.05) is 17.0 Å². The second-order valence-corrected chi connectivity index (χ2v) is 5.10. The summed E-state index contributed by atoms with van der Waals surface area (Å²) in [5.41, 5.74) is 3.52. The number of nitrogens with one attached hydrogen (secondary N) is 1. The number of benzene rings is 1. The zero-order valence-corrected chi connectivity index (χ0v) is 11.8. The van der Waals surface area contributed by atoms with Crippen LogP contribution >= 0.6 is 11.3 Å². The summed E-state index contributed by atoms with van der Waals surface area (Å²) in [6.07, 6.45) is 1.72. The zero-order valence-electron chi connectivity index (χ0n) is 10.9. The first-order chi connectivity index (χ1) is 10.3. The van der Waals surface area contributed by atoms with Crippen LogP contribution in [0.4, 0.5) is 0 Å². The van der Waals surface area contributed by atoms with Crippen LogP contribution in [-0.4, -0.2) is 15.9 Å². The summed E-state index contributed by atoms with van der Waals surface area (Å²) >= 11 is 1.22. The van der Waals surface area contributed by atoms with Crippen molar-refractivity contribution < 1.29 is 9.53 Å². The number of aromatic nitrogens is 2. The minimum atomic E-state index is -0.405. The quantitative estimate of drug-likeness (QED) is 0.436. The van der Waals surface area contributed by atoms with Gasteiger partial charge >= 0.3 is 0 Å². The number of para-hydroxylation sites is 1. The number of fused-ring (bicyclic) bond motifs is 1. The van der Waals surface area contributed by atoms with Crippen LogP contribution in [0.15, 0.2) is 41.9 Å². The number of carbonyl (C=O) groups is 1. The molecule has 0 radical (unpaired) electrons. The Bertz CT molecular complexity index is 782. The van der Waals surface area contributed by atoms with Crippen molar-refractivity contribution in [2.24, 2.45) is 5.84 Å². The molecular formula is C14H12N4O2S. The lowest BCUT2D eigenvalue weighted by Crippen LogP contribution is -2.29. The van der Waals surface area contributed by atoms with Crippen LogP contribution in [-0.2, 0) is 6.61 Å². The molecule has 1 amide bonds. The third-order valence-electron chi connectivity index (χ3n) is 2.85. The Hall–Kier alpha value is -2.51. The number of thiazole rings is 1. The Morgan fingerprint density at radius 3 is 3.05 bits per heavy atom. The zero-order chi connectivity index (χ0) is 14.7. The summed E-state index contributed by atoms with van der Waals surface area (Å²) < 4.78 is 5.75. The van der Waals surface area contributed by atoms with Gasteiger partial charge in [0.2, 0.25) is 0 Å². The van der Waals surface area contributed by atoms with E-state index in [2.05, 4.69) is 15.4 Å². The molecule has 3 aromatic rings. The topological polar surface area (TPSA) is 90.1 Å². The van der Waals surface area contributed by atoms with Crippen molar-refractivity contribution in [3.05, 3.63) is 52.6 Å². The number of pyridine rings is 1. The van der Waals surface area contributed by atoms with Gasteiger partial charge in [0.1, 0.15) is 17.9 Å². The van der Waals surface area contributed by atoms with E-state index in [1.165, 1.54) is 11.3 Å². The number of ether oxygens (including phenoxy) is 1. The summed E-state index contributed by atoms with van der Waals surface area (Å²) in [6.45, 7) is 0.268. The maximum atomic E-state index is 11.3. The average molecular weight is 300 g/mol. The minimum Gasteiger partial charge on any atom is -0.485 e. The lowest BCUT2D eigenvalue weighted by atomic mass is 10.2.